The van der Waals surface area contributed by atoms with Crippen LogP contribution in [-0.4, -0.2) is 42.1 Å². The van der Waals surface area contributed by atoms with Crippen molar-refractivity contribution in [1.29, 1.82) is 0 Å². The Balaban J connectivity index is 1.11. The summed E-state index contributed by atoms with van der Waals surface area (Å²) >= 11 is 0. The highest BCUT2D eigenvalue weighted by molar-refractivity contribution is 5.92. The van der Waals surface area contributed by atoms with Crippen LogP contribution in [0, 0.1) is 0 Å². The third kappa shape index (κ3) is 6.20. The number of anilines is 3. The lowest BCUT2D eigenvalue weighted by molar-refractivity contribution is -0.137. The molecule has 1 N–H and O–H groups in total. The number of fused-ring (bicyclic) bond motifs is 1. The van der Waals surface area contributed by atoms with Gasteiger partial charge in [0.05, 0.1) is 29.2 Å². The first-order chi connectivity index (χ1) is 20.3. The number of alkyl halides is 3. The van der Waals surface area contributed by atoms with Crippen LogP contribution in [0.15, 0.2) is 103 Å². The third-order valence-electron chi connectivity index (χ3n) is 7.40. The molecule has 1 aliphatic rings. The minimum absolute atomic E-state index is 0.0670. The fraction of sp³-hybridized carbons (Fsp3) is 0.182. The van der Waals surface area contributed by atoms with Gasteiger partial charge in [0.15, 0.2) is 0 Å². The Bertz CT molecular complexity index is 1680. The monoisotopic (exact) mass is 567 g/mol. The molecule has 0 aliphatic carbocycles. The van der Waals surface area contributed by atoms with Crippen LogP contribution in [0.1, 0.15) is 11.1 Å². The smallest absolute Gasteiger partial charge is 0.368 e. The number of nitrogens with zero attached hydrogens (tertiary/aromatic N) is 4. The molecular weight excluding hydrogens is 539 g/mol. The van der Waals surface area contributed by atoms with Gasteiger partial charge < -0.3 is 15.1 Å². The molecule has 0 spiro atoms. The summed E-state index contributed by atoms with van der Waals surface area (Å²) < 4.78 is 38.7. The molecule has 0 unspecified atom stereocenters. The van der Waals surface area contributed by atoms with Crippen molar-refractivity contribution in [1.82, 2.24) is 9.97 Å². The summed E-state index contributed by atoms with van der Waals surface area (Å²) in [4.78, 5) is 26.1. The SMILES string of the molecule is O=C(Cc1ccccc1)Nc1ccc(-c2ccc3ncc(N4CCN(c5ccc(C(F)(F)F)cc5)CC4)nc3c2)cc1. The number of carbonyl (C=O) groups is 1. The normalized spacial score (nSPS) is 13.8. The number of piperazine rings is 1. The number of benzene rings is 4. The second-order valence-electron chi connectivity index (χ2n) is 10.2. The number of nitrogens with one attached hydrogen (secondary N) is 1. The highest BCUT2D eigenvalue weighted by Crippen LogP contribution is 2.31. The molecule has 0 radical (unpaired) electrons. The number of rotatable bonds is 6. The zero-order chi connectivity index (χ0) is 29.1. The van der Waals surface area contributed by atoms with Gasteiger partial charge in [0.25, 0.3) is 0 Å². The summed E-state index contributed by atoms with van der Waals surface area (Å²) in [5.74, 6) is 0.700. The fourth-order valence-electron chi connectivity index (χ4n) is 5.12. The first kappa shape index (κ1) is 27.3. The standard InChI is InChI=1S/C33H28F3N5O/c34-33(35,36)26-9-13-28(14-10-26)40-16-18-41(19-17-40)31-22-37-29-15-8-25(21-30(29)39-31)24-6-11-27(12-7-24)38-32(42)20-23-4-2-1-3-5-23/h1-15,21-22H,16-20H2,(H,38,42). The van der Waals surface area contributed by atoms with Crippen LogP contribution in [0.3, 0.4) is 0 Å². The Morgan fingerprint density at radius 2 is 1.43 bits per heavy atom. The van der Waals surface area contributed by atoms with E-state index in [0.717, 1.165) is 57.0 Å². The van der Waals surface area contributed by atoms with E-state index in [1.54, 1.807) is 6.20 Å². The Morgan fingerprint density at radius 1 is 0.762 bits per heavy atom. The zero-order valence-corrected chi connectivity index (χ0v) is 22.7. The minimum atomic E-state index is -4.34. The average Bonchev–Trinajstić information content (AvgIpc) is 3.01. The lowest BCUT2D eigenvalue weighted by Crippen LogP contribution is -2.46. The van der Waals surface area contributed by atoms with Gasteiger partial charge in [0, 0.05) is 37.6 Å². The Hall–Kier alpha value is -4.92. The molecule has 0 saturated carbocycles. The number of aromatic nitrogens is 2. The number of hydrogen-bond donors (Lipinski definition) is 1. The number of amides is 1. The van der Waals surface area contributed by atoms with E-state index in [2.05, 4.69) is 20.1 Å². The van der Waals surface area contributed by atoms with Crippen molar-refractivity contribution in [2.45, 2.75) is 12.6 Å². The molecule has 5 aromatic rings. The van der Waals surface area contributed by atoms with Gasteiger partial charge in [-0.05, 0) is 65.2 Å². The van der Waals surface area contributed by atoms with Crippen molar-refractivity contribution in [3.05, 3.63) is 114 Å². The first-order valence-electron chi connectivity index (χ1n) is 13.7. The summed E-state index contributed by atoms with van der Waals surface area (Å²) in [7, 11) is 0. The van der Waals surface area contributed by atoms with Gasteiger partial charge in [-0.2, -0.15) is 13.2 Å². The van der Waals surface area contributed by atoms with E-state index in [1.165, 1.54) is 12.1 Å². The Kier molecular flexibility index (Phi) is 7.48. The van der Waals surface area contributed by atoms with E-state index in [9.17, 15) is 18.0 Å². The molecule has 0 atom stereocenters. The zero-order valence-electron chi connectivity index (χ0n) is 22.7. The van der Waals surface area contributed by atoms with Gasteiger partial charge in [-0.3, -0.25) is 9.78 Å². The lowest BCUT2D eigenvalue weighted by Gasteiger charge is -2.36. The average molecular weight is 568 g/mol. The van der Waals surface area contributed by atoms with Gasteiger partial charge in [-0.15, -0.1) is 0 Å². The van der Waals surface area contributed by atoms with Crippen LogP contribution in [-0.2, 0) is 17.4 Å². The van der Waals surface area contributed by atoms with Gasteiger partial charge in [-0.25, -0.2) is 4.98 Å². The third-order valence-corrected chi connectivity index (χ3v) is 7.40. The quantitative estimate of drug-likeness (QED) is 0.244. The van der Waals surface area contributed by atoms with Crippen LogP contribution < -0.4 is 15.1 Å². The van der Waals surface area contributed by atoms with Gasteiger partial charge >= 0.3 is 6.18 Å². The Morgan fingerprint density at radius 3 is 2.12 bits per heavy atom. The first-order valence-corrected chi connectivity index (χ1v) is 13.7. The predicted molar refractivity (Wildman–Crippen MR) is 160 cm³/mol. The van der Waals surface area contributed by atoms with Crippen LogP contribution in [0.25, 0.3) is 22.2 Å². The van der Waals surface area contributed by atoms with Crippen molar-refractivity contribution in [2.75, 3.05) is 41.3 Å². The largest absolute Gasteiger partial charge is 0.416 e. The summed E-state index contributed by atoms with van der Waals surface area (Å²) in [5, 5.41) is 2.95. The maximum Gasteiger partial charge on any atom is 0.416 e. The fourth-order valence-corrected chi connectivity index (χ4v) is 5.12. The van der Waals surface area contributed by atoms with Crippen molar-refractivity contribution in [3.8, 4) is 11.1 Å². The molecule has 6 nitrogen and oxygen atoms in total. The van der Waals surface area contributed by atoms with Crippen molar-refractivity contribution in [2.24, 2.45) is 0 Å². The number of carbonyl (C=O) groups excluding carboxylic acids is 1. The lowest BCUT2D eigenvalue weighted by atomic mass is 10.0. The summed E-state index contributed by atoms with van der Waals surface area (Å²) in [6.07, 6.45) is -2.25. The highest BCUT2D eigenvalue weighted by atomic mass is 19.4. The maximum absolute atomic E-state index is 12.9. The molecular formula is C33H28F3N5O. The molecule has 42 heavy (non-hydrogen) atoms. The second kappa shape index (κ2) is 11.5. The predicted octanol–water partition coefficient (Wildman–Crippen LogP) is 6.82. The Labute approximate surface area is 241 Å². The molecule has 6 rings (SSSR count). The van der Waals surface area contributed by atoms with E-state index in [4.69, 9.17) is 4.98 Å². The maximum atomic E-state index is 12.9. The molecule has 1 aliphatic heterocycles. The van der Waals surface area contributed by atoms with E-state index in [-0.39, 0.29) is 5.91 Å². The van der Waals surface area contributed by atoms with Crippen LogP contribution in [0.2, 0.25) is 0 Å². The topological polar surface area (TPSA) is 61.4 Å². The highest BCUT2D eigenvalue weighted by Gasteiger charge is 2.30. The summed E-state index contributed by atoms with van der Waals surface area (Å²) in [6.45, 7) is 2.69. The molecule has 0 bridgehead atoms. The minimum Gasteiger partial charge on any atom is -0.368 e. The summed E-state index contributed by atoms with van der Waals surface area (Å²) in [6, 6.07) is 28.6. The van der Waals surface area contributed by atoms with Crippen LogP contribution in [0.4, 0.5) is 30.4 Å². The van der Waals surface area contributed by atoms with Gasteiger partial charge in [-0.1, -0.05) is 48.5 Å². The van der Waals surface area contributed by atoms with Gasteiger partial charge in [0.1, 0.15) is 5.82 Å². The van der Waals surface area contributed by atoms with Gasteiger partial charge in [0.2, 0.25) is 5.91 Å². The van der Waals surface area contributed by atoms with Crippen LogP contribution in [0.5, 0.6) is 0 Å². The molecule has 1 aromatic heterocycles. The second-order valence-corrected chi connectivity index (χ2v) is 10.2. The van der Waals surface area contributed by atoms with E-state index in [1.807, 2.05) is 72.8 Å². The molecule has 1 saturated heterocycles. The number of hydrogen-bond acceptors (Lipinski definition) is 5. The molecule has 4 aromatic carbocycles. The summed E-state index contributed by atoms with van der Waals surface area (Å²) in [5.41, 5.74) is 5.38. The molecule has 1 amide bonds. The van der Waals surface area contributed by atoms with Crippen LogP contribution >= 0.6 is 0 Å². The number of halogens is 3. The van der Waals surface area contributed by atoms with Crippen molar-refractivity contribution in [3.63, 3.8) is 0 Å². The molecule has 2 heterocycles. The molecule has 212 valence electrons. The van der Waals surface area contributed by atoms with E-state index >= 15 is 0 Å². The van der Waals surface area contributed by atoms with E-state index < -0.39 is 11.7 Å². The molecule has 1 fully saturated rings. The van der Waals surface area contributed by atoms with Crippen molar-refractivity contribution >= 4 is 34.1 Å². The molecule has 9 heteroatoms. The van der Waals surface area contributed by atoms with E-state index in [0.29, 0.717) is 32.6 Å². The van der Waals surface area contributed by atoms with Crippen molar-refractivity contribution < 1.29 is 18.0 Å².